The van der Waals surface area contributed by atoms with Crippen LogP contribution in [0.3, 0.4) is 0 Å². The molecule has 0 bridgehead atoms. The third-order valence-corrected chi connectivity index (χ3v) is 4.70. The van der Waals surface area contributed by atoms with Gasteiger partial charge in [0.05, 0.1) is 0 Å². The zero-order valence-corrected chi connectivity index (χ0v) is 16.0. The molecule has 0 unspecified atom stereocenters. The Labute approximate surface area is 157 Å². The maximum Gasteiger partial charge on any atom is 0.127 e. The van der Waals surface area contributed by atoms with E-state index in [9.17, 15) is 8.78 Å². The summed E-state index contributed by atoms with van der Waals surface area (Å²) in [5.41, 5.74) is 3.53. The van der Waals surface area contributed by atoms with E-state index in [2.05, 4.69) is 38.1 Å². The first-order chi connectivity index (χ1) is 12.6. The lowest BCUT2D eigenvalue weighted by Crippen LogP contribution is -1.96. The highest BCUT2D eigenvalue weighted by Crippen LogP contribution is 2.21. The van der Waals surface area contributed by atoms with Gasteiger partial charge in [-0.3, -0.25) is 0 Å². The lowest BCUT2D eigenvalue weighted by molar-refractivity contribution is 0.606. The first kappa shape index (κ1) is 20.4. The minimum Gasteiger partial charge on any atom is -0.207 e. The van der Waals surface area contributed by atoms with E-state index in [0.29, 0.717) is 24.0 Å². The summed E-state index contributed by atoms with van der Waals surface area (Å²) < 4.78 is 28.4. The molecule has 2 aromatic carbocycles. The molecule has 0 aliphatic heterocycles. The van der Waals surface area contributed by atoms with Gasteiger partial charge in [0.25, 0.3) is 0 Å². The molecule has 140 valence electrons. The molecule has 0 aliphatic carbocycles. The second-order valence-corrected chi connectivity index (χ2v) is 6.92. The van der Waals surface area contributed by atoms with Crippen molar-refractivity contribution < 1.29 is 8.78 Å². The summed E-state index contributed by atoms with van der Waals surface area (Å²) in [6, 6.07) is 13.3. The van der Waals surface area contributed by atoms with Gasteiger partial charge in [0.15, 0.2) is 0 Å². The average molecular weight is 357 g/mol. The number of hydrogen-bond acceptors (Lipinski definition) is 0. The van der Waals surface area contributed by atoms with Gasteiger partial charge in [-0.25, -0.2) is 8.78 Å². The van der Waals surface area contributed by atoms with Crippen molar-refractivity contribution in [3.05, 3.63) is 76.6 Å². The van der Waals surface area contributed by atoms with Crippen LogP contribution in [0.4, 0.5) is 8.78 Å². The second-order valence-electron chi connectivity index (χ2n) is 6.92. The topological polar surface area (TPSA) is 0 Å². The number of allylic oxidation sites excluding steroid dienone is 1. The van der Waals surface area contributed by atoms with Crippen molar-refractivity contribution in [1.29, 1.82) is 0 Å². The molecule has 0 amide bonds. The van der Waals surface area contributed by atoms with Gasteiger partial charge in [0.2, 0.25) is 0 Å². The Balaban J connectivity index is 1.94. The van der Waals surface area contributed by atoms with Gasteiger partial charge in [0, 0.05) is 5.56 Å². The van der Waals surface area contributed by atoms with Crippen LogP contribution in [0.2, 0.25) is 0 Å². The first-order valence-corrected chi connectivity index (χ1v) is 9.86. The van der Waals surface area contributed by atoms with Crippen LogP contribution < -0.4 is 0 Å². The third-order valence-electron chi connectivity index (χ3n) is 4.70. The Bertz CT molecular complexity index is 699. The van der Waals surface area contributed by atoms with E-state index in [-0.39, 0.29) is 11.6 Å². The predicted molar refractivity (Wildman–Crippen MR) is 107 cm³/mol. The Morgan fingerprint density at radius 1 is 0.846 bits per heavy atom. The fourth-order valence-corrected chi connectivity index (χ4v) is 3.08. The van der Waals surface area contributed by atoms with Crippen molar-refractivity contribution in [3.63, 3.8) is 0 Å². The molecule has 2 heteroatoms. The van der Waals surface area contributed by atoms with Crippen LogP contribution in [0, 0.1) is 5.82 Å². The highest BCUT2D eigenvalue weighted by Gasteiger charge is 2.07. The van der Waals surface area contributed by atoms with Crippen LogP contribution in [-0.2, 0) is 19.3 Å². The van der Waals surface area contributed by atoms with Gasteiger partial charge >= 0.3 is 0 Å². The average Bonchev–Trinajstić information content (AvgIpc) is 2.65. The van der Waals surface area contributed by atoms with Gasteiger partial charge in [-0.05, 0) is 60.9 Å². The van der Waals surface area contributed by atoms with Crippen molar-refractivity contribution in [2.24, 2.45) is 0 Å². The number of rotatable bonds is 10. The highest BCUT2D eigenvalue weighted by atomic mass is 19.1. The van der Waals surface area contributed by atoms with Gasteiger partial charge in [-0.15, -0.1) is 0 Å². The molecule has 0 spiro atoms. The Morgan fingerprint density at radius 3 is 2.15 bits per heavy atom. The molecule has 0 atom stereocenters. The molecule has 2 aromatic rings. The highest BCUT2D eigenvalue weighted by molar-refractivity contribution is 5.59. The van der Waals surface area contributed by atoms with Crippen molar-refractivity contribution in [1.82, 2.24) is 0 Å². The Kier molecular flexibility index (Phi) is 8.53. The van der Waals surface area contributed by atoms with E-state index in [0.717, 1.165) is 38.5 Å². The second kappa shape index (κ2) is 10.9. The predicted octanol–water partition coefficient (Wildman–Crippen LogP) is 7.45. The largest absolute Gasteiger partial charge is 0.207 e. The minimum absolute atomic E-state index is 0.317. The number of unbranched alkanes of at least 4 members (excludes halogenated alkanes) is 3. The number of benzene rings is 2. The minimum atomic E-state index is -0.321. The van der Waals surface area contributed by atoms with Crippen molar-refractivity contribution in [2.75, 3.05) is 0 Å². The Morgan fingerprint density at radius 2 is 1.54 bits per heavy atom. The van der Waals surface area contributed by atoms with E-state index in [1.54, 1.807) is 18.2 Å². The van der Waals surface area contributed by atoms with Crippen LogP contribution in [0.5, 0.6) is 0 Å². The van der Waals surface area contributed by atoms with Crippen molar-refractivity contribution >= 4 is 5.83 Å². The molecule has 0 N–H and O–H groups in total. The maximum absolute atomic E-state index is 14.3. The van der Waals surface area contributed by atoms with Gasteiger partial charge < -0.3 is 0 Å². The molecule has 0 heterocycles. The molecule has 0 radical (unpaired) electrons. The summed E-state index contributed by atoms with van der Waals surface area (Å²) in [4.78, 5) is 0. The van der Waals surface area contributed by atoms with Crippen LogP contribution in [0.15, 0.2) is 48.5 Å². The van der Waals surface area contributed by atoms with E-state index in [1.807, 2.05) is 0 Å². The zero-order valence-electron chi connectivity index (χ0n) is 16.0. The van der Waals surface area contributed by atoms with Crippen molar-refractivity contribution in [3.8, 4) is 0 Å². The fourth-order valence-electron chi connectivity index (χ4n) is 3.08. The number of hydrogen-bond donors (Lipinski definition) is 0. The molecule has 0 fully saturated rings. The normalized spacial score (nSPS) is 11.8. The fraction of sp³-hybridized carbons (Fsp3) is 0.417. The van der Waals surface area contributed by atoms with Crippen LogP contribution in [0.1, 0.15) is 68.2 Å². The van der Waals surface area contributed by atoms with Gasteiger partial charge in [0.1, 0.15) is 11.6 Å². The lowest BCUT2D eigenvalue weighted by Gasteiger charge is -2.07. The first-order valence-electron chi connectivity index (χ1n) is 9.86. The number of halogens is 2. The summed E-state index contributed by atoms with van der Waals surface area (Å²) in [6.45, 7) is 4.29. The van der Waals surface area contributed by atoms with Crippen LogP contribution in [-0.4, -0.2) is 0 Å². The standard InChI is InChI=1S/C24H30F2/c1-3-5-6-7-9-23(25)22-17-16-21(24(26)18-22)15-14-20-12-10-19(8-4-2)11-13-20/h9-13,16-18H,3-8,14-15H2,1-2H3/b23-9+. The SMILES string of the molecule is CCCCC/C=C(/F)c1ccc(CCc2ccc(CCC)cc2)c(F)c1. The van der Waals surface area contributed by atoms with Crippen LogP contribution >= 0.6 is 0 Å². The lowest BCUT2D eigenvalue weighted by atomic mass is 10.0. The molecule has 2 rings (SSSR count). The molecule has 0 saturated heterocycles. The summed E-state index contributed by atoms with van der Waals surface area (Å²) in [5.74, 6) is -0.639. The van der Waals surface area contributed by atoms with Gasteiger partial charge in [-0.2, -0.15) is 0 Å². The molecule has 0 saturated carbocycles. The molecule has 26 heavy (non-hydrogen) atoms. The molecular formula is C24H30F2. The summed E-state index contributed by atoms with van der Waals surface area (Å²) in [6.07, 6.45) is 9.10. The maximum atomic E-state index is 14.3. The summed E-state index contributed by atoms with van der Waals surface area (Å²) in [5, 5.41) is 0. The molecule has 0 aromatic heterocycles. The Hall–Kier alpha value is -1.96. The summed E-state index contributed by atoms with van der Waals surface area (Å²) >= 11 is 0. The molecule has 0 aliphatic rings. The monoisotopic (exact) mass is 356 g/mol. The number of aryl methyl sites for hydroxylation is 3. The molecule has 0 nitrogen and oxygen atoms in total. The van der Waals surface area contributed by atoms with Crippen molar-refractivity contribution in [2.45, 2.75) is 65.2 Å². The van der Waals surface area contributed by atoms with E-state index >= 15 is 0 Å². The van der Waals surface area contributed by atoms with Gasteiger partial charge in [-0.1, -0.05) is 69.5 Å². The zero-order chi connectivity index (χ0) is 18.8. The van der Waals surface area contributed by atoms with E-state index in [4.69, 9.17) is 0 Å². The summed E-state index contributed by atoms with van der Waals surface area (Å²) in [7, 11) is 0. The van der Waals surface area contributed by atoms with E-state index < -0.39 is 0 Å². The third kappa shape index (κ3) is 6.40. The van der Waals surface area contributed by atoms with Crippen LogP contribution in [0.25, 0.3) is 5.83 Å². The van der Waals surface area contributed by atoms with E-state index in [1.165, 1.54) is 17.2 Å². The molecular weight excluding hydrogens is 326 g/mol. The quantitative estimate of drug-likeness (QED) is 0.388. The smallest absolute Gasteiger partial charge is 0.127 e.